The Kier molecular flexibility index (Phi) is 5.45. The van der Waals surface area contributed by atoms with Crippen LogP contribution >= 0.6 is 0 Å². The van der Waals surface area contributed by atoms with E-state index in [1.54, 1.807) is 48.7 Å². The number of anilines is 1. The summed E-state index contributed by atoms with van der Waals surface area (Å²) in [5.74, 6) is 5.59. The predicted octanol–water partition coefficient (Wildman–Crippen LogP) is 3.28. The van der Waals surface area contributed by atoms with Crippen molar-refractivity contribution < 1.29 is 4.79 Å². The Hall–Kier alpha value is -4.50. The fraction of sp³-hybridized carbons (Fsp3) is 0. The monoisotopic (exact) mass is 392 g/mol. The molecule has 0 fully saturated rings. The Balaban J connectivity index is 1.55. The van der Waals surface area contributed by atoms with Crippen molar-refractivity contribution in [1.82, 2.24) is 14.8 Å². The van der Waals surface area contributed by atoms with E-state index in [4.69, 9.17) is 0 Å². The van der Waals surface area contributed by atoms with E-state index in [0.29, 0.717) is 17.1 Å². The second kappa shape index (κ2) is 8.67. The molecule has 30 heavy (non-hydrogen) atoms. The normalized spacial score (nSPS) is 10.0. The average molecular weight is 392 g/mol. The lowest BCUT2D eigenvalue weighted by atomic mass is 10.2. The van der Waals surface area contributed by atoms with Crippen LogP contribution < -0.4 is 10.9 Å². The number of para-hydroxylation sites is 1. The highest BCUT2D eigenvalue weighted by molar-refractivity contribution is 6.02. The zero-order chi connectivity index (χ0) is 20.8. The molecule has 0 spiro atoms. The Morgan fingerprint density at radius 3 is 2.50 bits per heavy atom. The quantitative estimate of drug-likeness (QED) is 0.543. The van der Waals surface area contributed by atoms with Crippen LogP contribution in [0.15, 0.2) is 95.9 Å². The van der Waals surface area contributed by atoms with E-state index in [0.717, 1.165) is 5.56 Å². The highest BCUT2D eigenvalue weighted by Crippen LogP contribution is 2.11. The molecule has 0 aliphatic rings. The maximum Gasteiger partial charge on any atom is 0.276 e. The third kappa shape index (κ3) is 4.49. The number of carbonyl (C=O) groups excluding carboxylic acids is 1. The van der Waals surface area contributed by atoms with Gasteiger partial charge in [-0.3, -0.25) is 9.59 Å². The molecule has 0 atom stereocenters. The third-order valence-corrected chi connectivity index (χ3v) is 4.15. The second-order valence-corrected chi connectivity index (χ2v) is 6.30. The van der Waals surface area contributed by atoms with Gasteiger partial charge in [-0.25, -0.2) is 4.98 Å². The van der Waals surface area contributed by atoms with Crippen LogP contribution in [0.1, 0.15) is 21.7 Å². The van der Waals surface area contributed by atoms with Crippen molar-refractivity contribution in [3.63, 3.8) is 0 Å². The molecule has 4 rings (SSSR count). The predicted molar refractivity (Wildman–Crippen MR) is 114 cm³/mol. The smallest absolute Gasteiger partial charge is 0.276 e. The van der Waals surface area contributed by atoms with Gasteiger partial charge in [0, 0.05) is 23.5 Å². The number of hydrogen-bond acceptors (Lipinski definition) is 4. The van der Waals surface area contributed by atoms with Gasteiger partial charge in [-0.1, -0.05) is 36.3 Å². The molecule has 2 aromatic heterocycles. The van der Waals surface area contributed by atoms with Crippen molar-refractivity contribution in [2.75, 3.05) is 5.32 Å². The van der Waals surface area contributed by atoms with E-state index in [2.05, 4.69) is 27.2 Å². The SMILES string of the molecule is O=C(Nc1cccc(C#Cc2ccccn2)c1)c1ccc(=O)n(-c2ccccc2)n1. The van der Waals surface area contributed by atoms with Gasteiger partial charge in [-0.05, 0) is 54.5 Å². The fourth-order valence-corrected chi connectivity index (χ4v) is 2.73. The van der Waals surface area contributed by atoms with E-state index in [9.17, 15) is 9.59 Å². The Labute approximate surface area is 172 Å². The van der Waals surface area contributed by atoms with Gasteiger partial charge in [0.15, 0.2) is 0 Å². The maximum atomic E-state index is 12.7. The number of benzene rings is 2. The molecule has 2 aromatic carbocycles. The summed E-state index contributed by atoms with van der Waals surface area (Å²) in [4.78, 5) is 29.0. The van der Waals surface area contributed by atoms with Gasteiger partial charge in [0.1, 0.15) is 11.4 Å². The van der Waals surface area contributed by atoms with Crippen molar-refractivity contribution >= 4 is 11.6 Å². The molecule has 0 saturated heterocycles. The first-order chi connectivity index (χ1) is 14.7. The van der Waals surface area contributed by atoms with Gasteiger partial charge in [0.2, 0.25) is 0 Å². The number of rotatable bonds is 3. The van der Waals surface area contributed by atoms with E-state index in [-0.39, 0.29) is 11.3 Å². The van der Waals surface area contributed by atoms with Crippen LogP contribution in [0.3, 0.4) is 0 Å². The lowest BCUT2D eigenvalue weighted by Crippen LogP contribution is -2.24. The van der Waals surface area contributed by atoms with Crippen molar-refractivity contribution in [2.45, 2.75) is 0 Å². The van der Waals surface area contributed by atoms with Gasteiger partial charge >= 0.3 is 0 Å². The number of amides is 1. The molecule has 0 aliphatic carbocycles. The molecule has 4 aromatic rings. The van der Waals surface area contributed by atoms with Crippen LogP contribution in [0.4, 0.5) is 5.69 Å². The van der Waals surface area contributed by atoms with Gasteiger partial charge < -0.3 is 5.32 Å². The summed E-state index contributed by atoms with van der Waals surface area (Å²) in [5.41, 5.74) is 2.38. The summed E-state index contributed by atoms with van der Waals surface area (Å²) < 4.78 is 1.20. The van der Waals surface area contributed by atoms with E-state index in [1.165, 1.54) is 16.8 Å². The Morgan fingerprint density at radius 2 is 1.70 bits per heavy atom. The van der Waals surface area contributed by atoms with Gasteiger partial charge in [-0.2, -0.15) is 9.78 Å². The zero-order valence-corrected chi connectivity index (χ0v) is 15.8. The first kappa shape index (κ1) is 18.8. The van der Waals surface area contributed by atoms with Gasteiger partial charge in [-0.15, -0.1) is 0 Å². The molecule has 1 N–H and O–H groups in total. The molecule has 6 heteroatoms. The van der Waals surface area contributed by atoms with Crippen LogP contribution in [-0.4, -0.2) is 20.7 Å². The molecule has 6 nitrogen and oxygen atoms in total. The lowest BCUT2D eigenvalue weighted by Gasteiger charge is -2.08. The topological polar surface area (TPSA) is 76.9 Å². The van der Waals surface area contributed by atoms with E-state index >= 15 is 0 Å². The summed E-state index contributed by atoms with van der Waals surface area (Å²) >= 11 is 0. The minimum absolute atomic E-state index is 0.128. The number of carbonyl (C=O) groups is 1. The molecule has 2 heterocycles. The minimum Gasteiger partial charge on any atom is -0.321 e. The molecule has 144 valence electrons. The maximum absolute atomic E-state index is 12.7. The fourth-order valence-electron chi connectivity index (χ4n) is 2.73. The highest BCUT2D eigenvalue weighted by atomic mass is 16.2. The first-order valence-electron chi connectivity index (χ1n) is 9.19. The van der Waals surface area contributed by atoms with Crippen LogP contribution in [0.25, 0.3) is 5.69 Å². The third-order valence-electron chi connectivity index (χ3n) is 4.15. The standard InChI is InChI=1S/C24H16N4O2/c29-23-15-14-22(27-28(23)21-10-2-1-3-11-21)24(30)26-20-9-6-7-18(17-20)12-13-19-8-4-5-16-25-19/h1-11,14-17H,(H,26,30). The summed E-state index contributed by atoms with van der Waals surface area (Å²) in [5, 5.41) is 6.99. The lowest BCUT2D eigenvalue weighted by molar-refractivity contribution is 0.102. The minimum atomic E-state index is -0.422. The highest BCUT2D eigenvalue weighted by Gasteiger charge is 2.11. The summed E-state index contributed by atoms with van der Waals surface area (Å²) in [7, 11) is 0. The molecular weight excluding hydrogens is 376 g/mol. The summed E-state index contributed by atoms with van der Waals surface area (Å²) in [6.07, 6.45) is 1.68. The number of aromatic nitrogens is 3. The molecule has 0 bridgehead atoms. The van der Waals surface area contributed by atoms with Crippen molar-refractivity contribution in [3.8, 4) is 17.5 Å². The second-order valence-electron chi connectivity index (χ2n) is 6.30. The van der Waals surface area contributed by atoms with Crippen molar-refractivity contribution in [2.24, 2.45) is 0 Å². The first-order valence-corrected chi connectivity index (χ1v) is 9.19. The average Bonchev–Trinajstić information content (AvgIpc) is 2.79. The summed E-state index contributed by atoms with van der Waals surface area (Å²) in [6.45, 7) is 0. The molecule has 1 amide bonds. The number of pyridine rings is 1. The summed E-state index contributed by atoms with van der Waals surface area (Å²) in [6, 6.07) is 24.4. The Morgan fingerprint density at radius 1 is 0.867 bits per heavy atom. The Bertz CT molecular complexity index is 1300. The number of nitrogens with one attached hydrogen (secondary N) is 1. The number of hydrogen-bond donors (Lipinski definition) is 1. The van der Waals surface area contributed by atoms with Crippen molar-refractivity contribution in [3.05, 3.63) is 118 Å². The molecule has 0 aliphatic heterocycles. The van der Waals surface area contributed by atoms with Gasteiger partial charge in [0.25, 0.3) is 11.5 Å². The largest absolute Gasteiger partial charge is 0.321 e. The van der Waals surface area contributed by atoms with Crippen LogP contribution in [-0.2, 0) is 0 Å². The van der Waals surface area contributed by atoms with Crippen LogP contribution in [0, 0.1) is 11.8 Å². The van der Waals surface area contributed by atoms with Gasteiger partial charge in [0.05, 0.1) is 5.69 Å². The number of nitrogens with zero attached hydrogens (tertiary/aromatic N) is 3. The van der Waals surface area contributed by atoms with E-state index in [1.807, 2.05) is 30.3 Å². The van der Waals surface area contributed by atoms with E-state index < -0.39 is 5.91 Å². The molecule has 0 saturated carbocycles. The van der Waals surface area contributed by atoms with Crippen molar-refractivity contribution in [1.29, 1.82) is 0 Å². The molecule has 0 radical (unpaired) electrons. The van der Waals surface area contributed by atoms with Crippen LogP contribution in [0.2, 0.25) is 0 Å². The molecule has 0 unspecified atom stereocenters. The molecular formula is C24H16N4O2. The zero-order valence-electron chi connectivity index (χ0n) is 15.8. The van der Waals surface area contributed by atoms with Crippen LogP contribution in [0.5, 0.6) is 0 Å².